The van der Waals surface area contributed by atoms with E-state index in [4.69, 9.17) is 0 Å². The van der Waals surface area contributed by atoms with E-state index in [1.807, 2.05) is 24.1 Å². The molecule has 0 saturated carbocycles. The van der Waals surface area contributed by atoms with Crippen LogP contribution in [-0.2, 0) is 13.6 Å². The minimum atomic E-state index is 0.511. The molecule has 134 valence electrons. The highest BCUT2D eigenvalue weighted by molar-refractivity contribution is 5.48. The van der Waals surface area contributed by atoms with Crippen LogP contribution >= 0.6 is 0 Å². The Labute approximate surface area is 153 Å². The lowest BCUT2D eigenvalue weighted by Gasteiger charge is -2.33. The maximum absolute atomic E-state index is 4.40. The fraction of sp³-hybridized carbons (Fsp3) is 0.368. The maximum atomic E-state index is 4.40. The standard InChI is InChI=1S/C19H23N7/c1-25-17(6-10-23-25)14-26-11-2-4-16(13-26)15-5-9-20-18(12-15)24-19-21-7-3-8-22-19/h3,5-10,12,16H,2,4,11,13-14H2,1H3,(H,20,21,22,24). The Morgan fingerprint density at radius 1 is 1.12 bits per heavy atom. The summed E-state index contributed by atoms with van der Waals surface area (Å²) in [4.78, 5) is 15.3. The third-order valence-electron chi connectivity index (χ3n) is 4.87. The third kappa shape index (κ3) is 3.88. The summed E-state index contributed by atoms with van der Waals surface area (Å²) in [6.45, 7) is 3.13. The van der Waals surface area contributed by atoms with E-state index in [1.54, 1.807) is 18.5 Å². The van der Waals surface area contributed by atoms with Gasteiger partial charge in [0.2, 0.25) is 5.95 Å². The molecule has 1 fully saturated rings. The predicted octanol–water partition coefficient (Wildman–Crippen LogP) is 2.73. The summed E-state index contributed by atoms with van der Waals surface area (Å²) >= 11 is 0. The molecule has 0 aliphatic carbocycles. The van der Waals surface area contributed by atoms with Gasteiger partial charge in [-0.3, -0.25) is 9.58 Å². The van der Waals surface area contributed by atoms with Crippen molar-refractivity contribution in [1.29, 1.82) is 0 Å². The van der Waals surface area contributed by atoms with Gasteiger partial charge in [-0.05, 0) is 55.1 Å². The maximum Gasteiger partial charge on any atom is 0.228 e. The average Bonchev–Trinajstić information content (AvgIpc) is 3.08. The first kappa shape index (κ1) is 16.7. The topological polar surface area (TPSA) is 71.8 Å². The van der Waals surface area contributed by atoms with Gasteiger partial charge in [0.25, 0.3) is 0 Å². The molecular formula is C19H23N7. The quantitative estimate of drug-likeness (QED) is 0.764. The van der Waals surface area contributed by atoms with E-state index in [0.29, 0.717) is 11.9 Å². The average molecular weight is 349 g/mol. The third-order valence-corrected chi connectivity index (χ3v) is 4.87. The SMILES string of the molecule is Cn1nccc1CN1CCCC(c2ccnc(Nc3ncccn3)c2)C1. The molecule has 1 aliphatic heterocycles. The zero-order valence-electron chi connectivity index (χ0n) is 14.9. The summed E-state index contributed by atoms with van der Waals surface area (Å²) in [5, 5.41) is 7.45. The van der Waals surface area contributed by atoms with E-state index in [1.165, 1.54) is 24.1 Å². The van der Waals surface area contributed by atoms with Gasteiger partial charge in [0.05, 0.1) is 5.69 Å². The number of rotatable bonds is 5. The molecule has 3 aromatic heterocycles. The lowest BCUT2D eigenvalue weighted by Crippen LogP contribution is -2.34. The lowest BCUT2D eigenvalue weighted by atomic mass is 9.91. The number of hydrogen-bond acceptors (Lipinski definition) is 6. The highest BCUT2D eigenvalue weighted by atomic mass is 15.3. The highest BCUT2D eigenvalue weighted by Crippen LogP contribution is 2.29. The van der Waals surface area contributed by atoms with Crippen molar-refractivity contribution in [2.75, 3.05) is 18.4 Å². The van der Waals surface area contributed by atoms with Gasteiger partial charge in [0.15, 0.2) is 0 Å². The van der Waals surface area contributed by atoms with Crippen molar-refractivity contribution in [3.63, 3.8) is 0 Å². The van der Waals surface area contributed by atoms with Crippen molar-refractivity contribution in [2.45, 2.75) is 25.3 Å². The van der Waals surface area contributed by atoms with Gasteiger partial charge in [-0.25, -0.2) is 15.0 Å². The van der Waals surface area contributed by atoms with E-state index in [-0.39, 0.29) is 0 Å². The zero-order valence-corrected chi connectivity index (χ0v) is 14.9. The molecule has 4 rings (SSSR count). The Balaban J connectivity index is 1.45. The molecule has 4 heterocycles. The van der Waals surface area contributed by atoms with Crippen molar-refractivity contribution in [3.8, 4) is 0 Å². The summed E-state index contributed by atoms with van der Waals surface area (Å²) < 4.78 is 1.96. The van der Waals surface area contributed by atoms with Crippen LogP contribution in [0.15, 0.2) is 49.1 Å². The molecule has 1 aliphatic rings. The molecule has 1 atom stereocenters. The molecular weight excluding hydrogens is 326 g/mol. The van der Waals surface area contributed by atoms with E-state index >= 15 is 0 Å². The molecule has 26 heavy (non-hydrogen) atoms. The van der Waals surface area contributed by atoms with Crippen LogP contribution in [0.1, 0.15) is 30.0 Å². The van der Waals surface area contributed by atoms with Crippen LogP contribution in [0.25, 0.3) is 0 Å². The number of anilines is 2. The molecule has 0 amide bonds. The van der Waals surface area contributed by atoms with E-state index in [0.717, 1.165) is 25.5 Å². The van der Waals surface area contributed by atoms with Gasteiger partial charge in [0.1, 0.15) is 5.82 Å². The monoisotopic (exact) mass is 349 g/mol. The molecule has 0 radical (unpaired) electrons. The number of piperidine rings is 1. The van der Waals surface area contributed by atoms with Gasteiger partial charge in [-0.1, -0.05) is 0 Å². The molecule has 1 N–H and O–H groups in total. The number of aromatic nitrogens is 5. The molecule has 0 spiro atoms. The second-order valence-corrected chi connectivity index (χ2v) is 6.69. The van der Waals surface area contributed by atoms with Gasteiger partial charge in [0, 0.05) is 44.9 Å². The smallest absolute Gasteiger partial charge is 0.228 e. The van der Waals surface area contributed by atoms with Gasteiger partial charge >= 0.3 is 0 Å². The number of nitrogens with one attached hydrogen (secondary N) is 1. The summed E-state index contributed by atoms with van der Waals surface area (Å²) in [5.74, 6) is 1.87. The Morgan fingerprint density at radius 2 is 2.00 bits per heavy atom. The summed E-state index contributed by atoms with van der Waals surface area (Å²) in [6.07, 6.45) is 9.57. The lowest BCUT2D eigenvalue weighted by molar-refractivity contribution is 0.196. The molecule has 7 heteroatoms. The summed E-state index contributed by atoms with van der Waals surface area (Å²) in [7, 11) is 2.00. The van der Waals surface area contributed by atoms with Gasteiger partial charge in [-0.2, -0.15) is 5.10 Å². The minimum Gasteiger partial charge on any atom is -0.309 e. The Hall–Kier alpha value is -2.80. The van der Waals surface area contributed by atoms with E-state index < -0.39 is 0 Å². The number of aryl methyl sites for hydroxylation is 1. The largest absolute Gasteiger partial charge is 0.309 e. The fourth-order valence-electron chi connectivity index (χ4n) is 3.50. The highest BCUT2D eigenvalue weighted by Gasteiger charge is 2.22. The number of nitrogens with zero attached hydrogens (tertiary/aromatic N) is 6. The second kappa shape index (κ2) is 7.61. The van der Waals surface area contributed by atoms with Crippen LogP contribution in [0.4, 0.5) is 11.8 Å². The Kier molecular flexibility index (Phi) is 4.88. The molecule has 1 unspecified atom stereocenters. The second-order valence-electron chi connectivity index (χ2n) is 6.69. The molecule has 7 nitrogen and oxygen atoms in total. The number of pyridine rings is 1. The fourth-order valence-corrected chi connectivity index (χ4v) is 3.50. The summed E-state index contributed by atoms with van der Waals surface area (Å²) in [6, 6.07) is 8.13. The zero-order chi connectivity index (χ0) is 17.8. The molecule has 0 aromatic carbocycles. The van der Waals surface area contributed by atoms with Crippen LogP contribution in [0.5, 0.6) is 0 Å². The Bertz CT molecular complexity index is 846. The van der Waals surface area contributed by atoms with E-state index in [2.05, 4.69) is 48.5 Å². The van der Waals surface area contributed by atoms with Crippen LogP contribution < -0.4 is 5.32 Å². The van der Waals surface area contributed by atoms with Crippen molar-refractivity contribution in [1.82, 2.24) is 29.6 Å². The predicted molar refractivity (Wildman–Crippen MR) is 100 cm³/mol. The first-order valence-electron chi connectivity index (χ1n) is 8.97. The van der Waals surface area contributed by atoms with Crippen molar-refractivity contribution in [2.24, 2.45) is 7.05 Å². The summed E-state index contributed by atoms with van der Waals surface area (Å²) in [5.41, 5.74) is 2.57. The van der Waals surface area contributed by atoms with Crippen molar-refractivity contribution in [3.05, 3.63) is 60.3 Å². The first-order chi connectivity index (χ1) is 12.8. The van der Waals surface area contributed by atoms with Gasteiger partial charge in [-0.15, -0.1) is 0 Å². The normalized spacial score (nSPS) is 18.0. The minimum absolute atomic E-state index is 0.511. The first-order valence-corrected chi connectivity index (χ1v) is 8.97. The van der Waals surface area contributed by atoms with Crippen LogP contribution in [0, 0.1) is 0 Å². The van der Waals surface area contributed by atoms with Crippen LogP contribution in [0.3, 0.4) is 0 Å². The van der Waals surface area contributed by atoms with Crippen LogP contribution in [-0.4, -0.2) is 42.7 Å². The number of hydrogen-bond donors (Lipinski definition) is 1. The van der Waals surface area contributed by atoms with Crippen molar-refractivity contribution >= 4 is 11.8 Å². The molecule has 0 bridgehead atoms. The van der Waals surface area contributed by atoms with E-state index in [9.17, 15) is 0 Å². The van der Waals surface area contributed by atoms with Crippen molar-refractivity contribution < 1.29 is 0 Å². The number of likely N-dealkylation sites (tertiary alicyclic amines) is 1. The Morgan fingerprint density at radius 3 is 2.81 bits per heavy atom. The molecule has 1 saturated heterocycles. The van der Waals surface area contributed by atoms with Crippen LogP contribution in [0.2, 0.25) is 0 Å². The van der Waals surface area contributed by atoms with Gasteiger partial charge < -0.3 is 5.32 Å². The molecule has 3 aromatic rings.